The van der Waals surface area contributed by atoms with Crippen LogP contribution in [0.4, 0.5) is 5.69 Å². The maximum atomic E-state index is 12.5. The summed E-state index contributed by atoms with van der Waals surface area (Å²) in [6.07, 6.45) is 0.251. The number of amides is 1. The predicted octanol–water partition coefficient (Wildman–Crippen LogP) is 3.52. The van der Waals surface area contributed by atoms with E-state index in [1.54, 1.807) is 43.3 Å². The van der Waals surface area contributed by atoms with Crippen LogP contribution in [0, 0.1) is 6.92 Å². The molecule has 0 unspecified atom stereocenters. The Morgan fingerprint density at radius 2 is 1.76 bits per heavy atom. The highest BCUT2D eigenvalue weighted by Gasteiger charge is 2.17. The number of carbonyl (C=O) groups is 1. The lowest BCUT2D eigenvalue weighted by molar-refractivity contribution is -0.120. The lowest BCUT2D eigenvalue weighted by atomic mass is 10.1. The van der Waals surface area contributed by atoms with Gasteiger partial charge in [0.2, 0.25) is 5.91 Å². The molecule has 0 saturated carbocycles. The third-order valence-corrected chi connectivity index (χ3v) is 5.22. The zero-order valence-corrected chi connectivity index (χ0v) is 15.9. The van der Waals surface area contributed by atoms with Gasteiger partial charge in [-0.25, -0.2) is 8.42 Å². The number of hydrogen-bond donors (Lipinski definition) is 2. The highest BCUT2D eigenvalue weighted by Crippen LogP contribution is 2.22. The van der Waals surface area contributed by atoms with Crippen LogP contribution in [0.25, 0.3) is 0 Å². The molecule has 2 rings (SSSR count). The van der Waals surface area contributed by atoms with E-state index < -0.39 is 10.0 Å². The minimum atomic E-state index is -3.70. The van der Waals surface area contributed by atoms with Gasteiger partial charge in [0, 0.05) is 16.8 Å². The Labute approximate surface area is 153 Å². The monoisotopic (exact) mass is 380 g/mol. The summed E-state index contributed by atoms with van der Waals surface area (Å²) in [7, 11) is -3.70. The molecule has 1 amide bonds. The number of benzene rings is 2. The quantitative estimate of drug-likeness (QED) is 0.805. The number of nitrogens with one attached hydrogen (secondary N) is 2. The van der Waals surface area contributed by atoms with Crippen molar-refractivity contribution < 1.29 is 13.2 Å². The van der Waals surface area contributed by atoms with Crippen LogP contribution in [0.2, 0.25) is 5.02 Å². The number of carbonyl (C=O) groups excluding carboxylic acids is 1. The first kappa shape index (κ1) is 19.3. The van der Waals surface area contributed by atoms with E-state index in [4.69, 9.17) is 11.6 Å². The molecule has 7 heteroatoms. The second-order valence-corrected chi connectivity index (χ2v) is 8.20. The molecule has 0 aliphatic carbocycles. The Bertz CT molecular complexity index is 862. The summed E-state index contributed by atoms with van der Waals surface area (Å²) < 4.78 is 27.5. The lowest BCUT2D eigenvalue weighted by Crippen LogP contribution is -2.31. The van der Waals surface area contributed by atoms with Crippen molar-refractivity contribution in [3.05, 3.63) is 58.6 Å². The maximum absolute atomic E-state index is 12.5. The summed E-state index contributed by atoms with van der Waals surface area (Å²) in [6.45, 7) is 5.49. The van der Waals surface area contributed by atoms with E-state index in [9.17, 15) is 13.2 Å². The highest BCUT2D eigenvalue weighted by atomic mass is 35.5. The smallest absolute Gasteiger partial charge is 0.262 e. The van der Waals surface area contributed by atoms with Gasteiger partial charge < -0.3 is 5.32 Å². The number of rotatable bonds is 6. The van der Waals surface area contributed by atoms with E-state index in [0.29, 0.717) is 16.3 Å². The molecule has 0 saturated heterocycles. The second-order valence-electron chi connectivity index (χ2n) is 6.11. The largest absolute Gasteiger partial charge is 0.354 e. The van der Waals surface area contributed by atoms with Crippen molar-refractivity contribution in [1.29, 1.82) is 0 Å². The van der Waals surface area contributed by atoms with Crippen molar-refractivity contribution in [2.75, 3.05) is 4.72 Å². The van der Waals surface area contributed by atoms with Gasteiger partial charge in [0.25, 0.3) is 10.0 Å². The molecule has 2 aromatic rings. The van der Waals surface area contributed by atoms with Gasteiger partial charge in [-0.15, -0.1) is 0 Å². The summed E-state index contributed by atoms with van der Waals surface area (Å²) >= 11 is 5.87. The summed E-state index contributed by atoms with van der Waals surface area (Å²) in [5.41, 5.74) is 1.81. The summed E-state index contributed by atoms with van der Waals surface area (Å²) in [5.74, 6) is -0.0693. The van der Waals surface area contributed by atoms with E-state index in [2.05, 4.69) is 10.0 Å². The Morgan fingerprint density at radius 1 is 1.12 bits per heavy atom. The molecule has 0 bridgehead atoms. The predicted molar refractivity (Wildman–Crippen MR) is 100 cm³/mol. The zero-order valence-electron chi connectivity index (χ0n) is 14.3. The van der Waals surface area contributed by atoms with Crippen LogP contribution in [0.5, 0.6) is 0 Å². The van der Waals surface area contributed by atoms with Crippen LogP contribution >= 0.6 is 11.6 Å². The van der Waals surface area contributed by atoms with Crippen molar-refractivity contribution in [2.24, 2.45) is 0 Å². The van der Waals surface area contributed by atoms with Crippen molar-refractivity contribution >= 4 is 33.2 Å². The third kappa shape index (κ3) is 5.47. The molecule has 0 radical (unpaired) electrons. The van der Waals surface area contributed by atoms with Crippen molar-refractivity contribution in [3.8, 4) is 0 Å². The molecule has 0 fully saturated rings. The molecule has 0 aliphatic heterocycles. The number of anilines is 1. The van der Waals surface area contributed by atoms with Crippen LogP contribution < -0.4 is 10.0 Å². The van der Waals surface area contributed by atoms with Crippen molar-refractivity contribution in [2.45, 2.75) is 38.1 Å². The number of halogens is 1. The average molecular weight is 381 g/mol. The first-order chi connectivity index (χ1) is 11.7. The normalized spacial score (nSPS) is 11.4. The molecule has 2 N–H and O–H groups in total. The maximum Gasteiger partial charge on any atom is 0.262 e. The van der Waals surface area contributed by atoms with Gasteiger partial charge >= 0.3 is 0 Å². The fraction of sp³-hybridized carbons (Fsp3) is 0.278. The van der Waals surface area contributed by atoms with Gasteiger partial charge in [0.15, 0.2) is 0 Å². The summed E-state index contributed by atoms with van der Waals surface area (Å²) in [4.78, 5) is 11.9. The highest BCUT2D eigenvalue weighted by molar-refractivity contribution is 7.92. The second kappa shape index (κ2) is 7.89. The van der Waals surface area contributed by atoms with E-state index in [0.717, 1.165) is 5.56 Å². The van der Waals surface area contributed by atoms with E-state index >= 15 is 0 Å². The third-order valence-electron chi connectivity index (χ3n) is 3.45. The van der Waals surface area contributed by atoms with Crippen LogP contribution in [0.1, 0.15) is 25.0 Å². The van der Waals surface area contributed by atoms with Crippen LogP contribution in [0.15, 0.2) is 47.4 Å². The SMILES string of the molecule is Cc1cc(Cl)ccc1S(=O)(=O)Nc1ccc(CC(=O)NC(C)C)cc1. The molecule has 0 aromatic heterocycles. The summed E-state index contributed by atoms with van der Waals surface area (Å²) in [5, 5.41) is 3.30. The van der Waals surface area contributed by atoms with E-state index in [-0.39, 0.29) is 23.3 Å². The van der Waals surface area contributed by atoms with Gasteiger partial charge in [0.1, 0.15) is 0 Å². The van der Waals surface area contributed by atoms with Gasteiger partial charge in [-0.2, -0.15) is 0 Å². The van der Waals surface area contributed by atoms with Gasteiger partial charge in [0.05, 0.1) is 11.3 Å². The average Bonchev–Trinajstić information content (AvgIpc) is 2.47. The van der Waals surface area contributed by atoms with Gasteiger partial charge in [-0.3, -0.25) is 9.52 Å². The summed E-state index contributed by atoms with van der Waals surface area (Å²) in [6, 6.07) is 11.4. The topological polar surface area (TPSA) is 75.3 Å². The molecule has 0 spiro atoms. The Balaban J connectivity index is 2.11. The van der Waals surface area contributed by atoms with Crippen LogP contribution in [-0.2, 0) is 21.2 Å². The molecule has 0 aliphatic rings. The Morgan fingerprint density at radius 3 is 2.32 bits per heavy atom. The molecule has 2 aromatic carbocycles. The number of sulfonamides is 1. The lowest BCUT2D eigenvalue weighted by Gasteiger charge is -2.12. The Kier molecular flexibility index (Phi) is 6.08. The first-order valence-electron chi connectivity index (χ1n) is 7.84. The number of hydrogen-bond acceptors (Lipinski definition) is 3. The van der Waals surface area contributed by atoms with E-state index in [1.165, 1.54) is 6.07 Å². The standard InChI is InChI=1S/C18H21ClN2O3S/c1-12(2)20-18(22)11-14-4-7-16(8-5-14)21-25(23,24)17-9-6-15(19)10-13(17)3/h4-10,12,21H,11H2,1-3H3,(H,20,22). The van der Waals surface area contributed by atoms with Crippen molar-refractivity contribution in [1.82, 2.24) is 5.32 Å². The molecular formula is C18H21ClN2O3S. The minimum absolute atomic E-state index is 0.0693. The fourth-order valence-electron chi connectivity index (χ4n) is 2.37. The molecule has 0 heterocycles. The Hall–Kier alpha value is -2.05. The molecule has 25 heavy (non-hydrogen) atoms. The molecule has 0 atom stereocenters. The van der Waals surface area contributed by atoms with Crippen LogP contribution in [0.3, 0.4) is 0 Å². The zero-order chi connectivity index (χ0) is 18.6. The molecule has 5 nitrogen and oxygen atoms in total. The minimum Gasteiger partial charge on any atom is -0.354 e. The molecular weight excluding hydrogens is 360 g/mol. The van der Waals surface area contributed by atoms with E-state index in [1.807, 2.05) is 13.8 Å². The van der Waals surface area contributed by atoms with Crippen LogP contribution in [-0.4, -0.2) is 20.4 Å². The van der Waals surface area contributed by atoms with Gasteiger partial charge in [-0.05, 0) is 62.2 Å². The molecule has 134 valence electrons. The van der Waals surface area contributed by atoms with Crippen molar-refractivity contribution in [3.63, 3.8) is 0 Å². The number of aryl methyl sites for hydroxylation is 1. The fourth-order valence-corrected chi connectivity index (χ4v) is 3.89. The van der Waals surface area contributed by atoms with Gasteiger partial charge in [-0.1, -0.05) is 23.7 Å². The first-order valence-corrected chi connectivity index (χ1v) is 9.71.